The Hall–Kier alpha value is -0.120. The minimum absolute atomic E-state index is 0.217. The van der Waals surface area contributed by atoms with Crippen LogP contribution in [0.5, 0.6) is 0 Å². The molecule has 0 heterocycles. The van der Waals surface area contributed by atoms with Crippen molar-refractivity contribution >= 4 is 0 Å². The van der Waals surface area contributed by atoms with Crippen LogP contribution in [0.4, 0.5) is 0 Å². The largest absolute Gasteiger partial charge is 0.392 e. The van der Waals surface area contributed by atoms with Crippen molar-refractivity contribution < 1.29 is 5.11 Å². The molecule has 0 radical (unpaired) electrons. The van der Waals surface area contributed by atoms with Crippen molar-refractivity contribution in [3.05, 3.63) is 0 Å². The molecule has 0 aliphatic carbocycles. The van der Waals surface area contributed by atoms with Gasteiger partial charge in [0.15, 0.2) is 0 Å². The molecule has 0 rings (SSSR count). The molecule has 0 spiro atoms. The SMILES string of the molecule is CCC(O)CNCC(CN)C(C)C. The summed E-state index contributed by atoms with van der Waals surface area (Å²) in [4.78, 5) is 0. The highest BCUT2D eigenvalue weighted by atomic mass is 16.3. The zero-order valence-electron chi connectivity index (χ0n) is 9.09. The van der Waals surface area contributed by atoms with Crippen molar-refractivity contribution in [2.75, 3.05) is 19.6 Å². The van der Waals surface area contributed by atoms with Gasteiger partial charge in [0, 0.05) is 6.54 Å². The summed E-state index contributed by atoms with van der Waals surface area (Å²) in [5, 5.41) is 12.5. The fraction of sp³-hybridized carbons (Fsp3) is 1.00. The molecular formula is C10H24N2O. The maximum atomic E-state index is 9.29. The van der Waals surface area contributed by atoms with E-state index in [2.05, 4.69) is 19.2 Å². The Balaban J connectivity index is 3.49. The molecule has 0 saturated carbocycles. The second kappa shape index (κ2) is 7.30. The number of aliphatic hydroxyl groups is 1. The highest BCUT2D eigenvalue weighted by Gasteiger charge is 2.10. The van der Waals surface area contributed by atoms with Crippen LogP contribution in [0.25, 0.3) is 0 Å². The molecule has 0 aliphatic rings. The summed E-state index contributed by atoms with van der Waals surface area (Å²) in [7, 11) is 0. The minimum Gasteiger partial charge on any atom is -0.392 e. The molecule has 4 N–H and O–H groups in total. The number of nitrogens with two attached hydrogens (primary N) is 1. The molecule has 3 heteroatoms. The van der Waals surface area contributed by atoms with E-state index in [1.54, 1.807) is 0 Å². The van der Waals surface area contributed by atoms with Gasteiger partial charge in [0.05, 0.1) is 6.10 Å². The van der Waals surface area contributed by atoms with Crippen LogP contribution in [0.1, 0.15) is 27.2 Å². The topological polar surface area (TPSA) is 58.3 Å². The third kappa shape index (κ3) is 6.02. The Morgan fingerprint density at radius 1 is 1.31 bits per heavy atom. The van der Waals surface area contributed by atoms with Crippen molar-refractivity contribution in [3.63, 3.8) is 0 Å². The molecule has 0 amide bonds. The summed E-state index contributed by atoms with van der Waals surface area (Å²) >= 11 is 0. The number of hydrogen-bond acceptors (Lipinski definition) is 3. The summed E-state index contributed by atoms with van der Waals surface area (Å²) in [6.45, 7) is 8.64. The van der Waals surface area contributed by atoms with E-state index in [-0.39, 0.29) is 6.10 Å². The van der Waals surface area contributed by atoms with Gasteiger partial charge in [-0.3, -0.25) is 0 Å². The van der Waals surface area contributed by atoms with E-state index in [1.165, 1.54) is 0 Å². The summed E-state index contributed by atoms with van der Waals surface area (Å²) in [6.07, 6.45) is 0.590. The molecule has 13 heavy (non-hydrogen) atoms. The first-order valence-electron chi connectivity index (χ1n) is 5.20. The van der Waals surface area contributed by atoms with Crippen LogP contribution in [0.3, 0.4) is 0 Å². The highest BCUT2D eigenvalue weighted by Crippen LogP contribution is 2.07. The fourth-order valence-corrected chi connectivity index (χ4v) is 1.17. The average molecular weight is 188 g/mol. The monoisotopic (exact) mass is 188 g/mol. The second-order valence-electron chi connectivity index (χ2n) is 3.96. The standard InChI is InChI=1S/C10H24N2O/c1-4-10(13)7-12-6-9(5-11)8(2)3/h8-10,12-13H,4-7,11H2,1-3H3. The number of hydrogen-bond donors (Lipinski definition) is 3. The van der Waals surface area contributed by atoms with Gasteiger partial charge < -0.3 is 16.2 Å². The van der Waals surface area contributed by atoms with Crippen LogP contribution in [-0.4, -0.2) is 30.8 Å². The predicted octanol–water partition coefficient (Wildman–Crippen LogP) is 0.578. The van der Waals surface area contributed by atoms with Crippen molar-refractivity contribution in [3.8, 4) is 0 Å². The van der Waals surface area contributed by atoms with Crippen molar-refractivity contribution in [1.82, 2.24) is 5.32 Å². The lowest BCUT2D eigenvalue weighted by molar-refractivity contribution is 0.164. The zero-order valence-corrected chi connectivity index (χ0v) is 9.09. The van der Waals surface area contributed by atoms with Crippen LogP contribution >= 0.6 is 0 Å². The van der Waals surface area contributed by atoms with Gasteiger partial charge >= 0.3 is 0 Å². The van der Waals surface area contributed by atoms with Gasteiger partial charge in [0.25, 0.3) is 0 Å². The Morgan fingerprint density at radius 2 is 1.92 bits per heavy atom. The van der Waals surface area contributed by atoms with E-state index in [9.17, 15) is 5.11 Å². The van der Waals surface area contributed by atoms with Crippen molar-refractivity contribution in [2.24, 2.45) is 17.6 Å². The first-order chi connectivity index (χ1) is 6.11. The van der Waals surface area contributed by atoms with Crippen LogP contribution in [-0.2, 0) is 0 Å². The van der Waals surface area contributed by atoms with Crippen LogP contribution in [0.2, 0.25) is 0 Å². The molecular weight excluding hydrogens is 164 g/mol. The number of aliphatic hydroxyl groups excluding tert-OH is 1. The van der Waals surface area contributed by atoms with Gasteiger partial charge in [0.1, 0.15) is 0 Å². The second-order valence-corrected chi connectivity index (χ2v) is 3.96. The van der Waals surface area contributed by atoms with Crippen molar-refractivity contribution in [2.45, 2.75) is 33.3 Å². The Kier molecular flexibility index (Phi) is 7.23. The van der Waals surface area contributed by atoms with Gasteiger partial charge in [-0.2, -0.15) is 0 Å². The van der Waals surface area contributed by atoms with Gasteiger partial charge in [-0.25, -0.2) is 0 Å². The van der Waals surface area contributed by atoms with E-state index < -0.39 is 0 Å². The molecule has 0 fully saturated rings. The first-order valence-corrected chi connectivity index (χ1v) is 5.20. The molecule has 0 aliphatic heterocycles. The molecule has 0 bridgehead atoms. The fourth-order valence-electron chi connectivity index (χ4n) is 1.17. The molecule has 3 nitrogen and oxygen atoms in total. The van der Waals surface area contributed by atoms with E-state index in [0.717, 1.165) is 13.0 Å². The van der Waals surface area contributed by atoms with E-state index in [4.69, 9.17) is 5.73 Å². The summed E-state index contributed by atoms with van der Waals surface area (Å²) in [5.41, 5.74) is 5.62. The van der Waals surface area contributed by atoms with Gasteiger partial charge in [0.2, 0.25) is 0 Å². The molecule has 2 unspecified atom stereocenters. The Morgan fingerprint density at radius 3 is 2.31 bits per heavy atom. The van der Waals surface area contributed by atoms with Crippen LogP contribution in [0.15, 0.2) is 0 Å². The van der Waals surface area contributed by atoms with Crippen molar-refractivity contribution in [1.29, 1.82) is 0 Å². The highest BCUT2D eigenvalue weighted by molar-refractivity contribution is 4.67. The summed E-state index contributed by atoms with van der Waals surface area (Å²) < 4.78 is 0. The normalized spacial score (nSPS) is 16.2. The molecule has 80 valence electrons. The Labute approximate surface area is 81.7 Å². The van der Waals surface area contributed by atoms with E-state index >= 15 is 0 Å². The third-order valence-corrected chi connectivity index (χ3v) is 2.50. The minimum atomic E-state index is -0.217. The third-order valence-electron chi connectivity index (χ3n) is 2.50. The molecule has 0 aromatic rings. The first kappa shape index (κ1) is 12.9. The van der Waals surface area contributed by atoms with E-state index in [0.29, 0.717) is 24.9 Å². The smallest absolute Gasteiger partial charge is 0.0662 e. The van der Waals surface area contributed by atoms with Crippen LogP contribution in [0, 0.1) is 11.8 Å². The summed E-state index contributed by atoms with van der Waals surface area (Å²) in [5.74, 6) is 1.13. The molecule has 0 aromatic carbocycles. The maximum Gasteiger partial charge on any atom is 0.0662 e. The number of nitrogens with one attached hydrogen (secondary N) is 1. The average Bonchev–Trinajstić information content (AvgIpc) is 2.11. The maximum absolute atomic E-state index is 9.29. The van der Waals surface area contributed by atoms with Gasteiger partial charge in [-0.15, -0.1) is 0 Å². The lowest BCUT2D eigenvalue weighted by Gasteiger charge is -2.20. The predicted molar refractivity (Wildman–Crippen MR) is 56.5 cm³/mol. The van der Waals surface area contributed by atoms with Crippen LogP contribution < -0.4 is 11.1 Å². The molecule has 0 aromatic heterocycles. The lowest BCUT2D eigenvalue weighted by Crippen LogP contribution is -2.35. The molecule has 2 atom stereocenters. The quantitative estimate of drug-likeness (QED) is 0.548. The zero-order chi connectivity index (χ0) is 10.3. The van der Waals surface area contributed by atoms with Gasteiger partial charge in [-0.1, -0.05) is 20.8 Å². The van der Waals surface area contributed by atoms with Gasteiger partial charge in [-0.05, 0) is 31.3 Å². The number of rotatable bonds is 7. The summed E-state index contributed by atoms with van der Waals surface area (Å²) in [6, 6.07) is 0. The molecule has 0 saturated heterocycles. The lowest BCUT2D eigenvalue weighted by atomic mass is 9.96. The Bertz CT molecular complexity index is 117. The van der Waals surface area contributed by atoms with E-state index in [1.807, 2.05) is 6.92 Å².